The van der Waals surface area contributed by atoms with Crippen molar-refractivity contribution in [2.75, 3.05) is 0 Å². The fourth-order valence-electron chi connectivity index (χ4n) is 1.25. The second-order valence-electron chi connectivity index (χ2n) is 3.35. The van der Waals surface area contributed by atoms with Crippen molar-refractivity contribution in [3.63, 3.8) is 0 Å². The Kier molecular flexibility index (Phi) is 7.36. The molecule has 2 heteroatoms. The van der Waals surface area contributed by atoms with Crippen LogP contribution in [-0.2, 0) is 4.79 Å². The van der Waals surface area contributed by atoms with E-state index in [1.54, 1.807) is 0 Å². The predicted molar refractivity (Wildman–Crippen MR) is 54.8 cm³/mol. The van der Waals surface area contributed by atoms with Gasteiger partial charge in [-0.15, -0.1) is 0 Å². The fraction of sp³-hybridized carbons (Fsp3) is 0.727. The van der Waals surface area contributed by atoms with Crippen molar-refractivity contribution < 1.29 is 9.90 Å². The van der Waals surface area contributed by atoms with Crippen molar-refractivity contribution in [1.82, 2.24) is 0 Å². The number of aliphatic carboxylic acids is 1. The minimum Gasteiger partial charge on any atom is -0.478 e. The number of rotatable bonds is 7. The van der Waals surface area contributed by atoms with Gasteiger partial charge in [0, 0.05) is 6.08 Å². The zero-order valence-corrected chi connectivity index (χ0v) is 8.68. The van der Waals surface area contributed by atoms with Crippen LogP contribution in [0.5, 0.6) is 0 Å². The summed E-state index contributed by atoms with van der Waals surface area (Å²) >= 11 is 0. The molecule has 0 radical (unpaired) electrons. The van der Waals surface area contributed by atoms with Crippen molar-refractivity contribution in [1.29, 1.82) is 0 Å². The molecular weight excluding hydrogens is 164 g/mol. The predicted octanol–water partition coefficient (Wildman–Crippen LogP) is 3.38. The third-order valence-electron chi connectivity index (χ3n) is 2.03. The highest BCUT2D eigenvalue weighted by atomic mass is 16.4. The van der Waals surface area contributed by atoms with Crippen LogP contribution in [0.2, 0.25) is 0 Å². The Morgan fingerprint density at radius 2 is 1.62 bits per heavy atom. The summed E-state index contributed by atoms with van der Waals surface area (Å²) in [6.45, 7) is 4.25. The lowest BCUT2D eigenvalue weighted by atomic mass is 10.0. The van der Waals surface area contributed by atoms with Crippen molar-refractivity contribution in [2.45, 2.75) is 52.4 Å². The minimum atomic E-state index is -0.804. The normalized spacial score (nSPS) is 9.69. The fourth-order valence-corrected chi connectivity index (χ4v) is 1.25. The van der Waals surface area contributed by atoms with E-state index in [0.29, 0.717) is 0 Å². The summed E-state index contributed by atoms with van der Waals surface area (Å²) in [6.07, 6.45) is 7.73. The Morgan fingerprint density at radius 3 is 1.92 bits per heavy atom. The van der Waals surface area contributed by atoms with E-state index in [-0.39, 0.29) is 0 Å². The Bertz CT molecular complexity index is 161. The van der Waals surface area contributed by atoms with Crippen molar-refractivity contribution in [3.05, 3.63) is 11.6 Å². The molecule has 0 aliphatic rings. The van der Waals surface area contributed by atoms with Gasteiger partial charge in [-0.3, -0.25) is 0 Å². The van der Waals surface area contributed by atoms with Crippen LogP contribution in [0.1, 0.15) is 52.4 Å². The molecule has 0 aromatic heterocycles. The van der Waals surface area contributed by atoms with Gasteiger partial charge in [-0.2, -0.15) is 0 Å². The topological polar surface area (TPSA) is 37.3 Å². The van der Waals surface area contributed by atoms with Crippen LogP contribution in [-0.4, -0.2) is 11.1 Å². The Balaban J connectivity index is 3.94. The lowest BCUT2D eigenvalue weighted by Crippen LogP contribution is -1.93. The molecule has 1 N–H and O–H groups in total. The minimum absolute atomic E-state index is 0.804. The summed E-state index contributed by atoms with van der Waals surface area (Å²) in [6, 6.07) is 0. The van der Waals surface area contributed by atoms with E-state index in [1.807, 2.05) is 0 Å². The lowest BCUT2D eigenvalue weighted by molar-refractivity contribution is -0.131. The second-order valence-corrected chi connectivity index (χ2v) is 3.35. The van der Waals surface area contributed by atoms with E-state index in [4.69, 9.17) is 5.11 Å². The molecule has 76 valence electrons. The van der Waals surface area contributed by atoms with Gasteiger partial charge in [0.25, 0.3) is 0 Å². The molecule has 0 rings (SSSR count). The molecule has 0 fully saturated rings. The van der Waals surface area contributed by atoms with E-state index in [0.717, 1.165) is 44.1 Å². The summed E-state index contributed by atoms with van der Waals surface area (Å²) in [5.41, 5.74) is 1.09. The van der Waals surface area contributed by atoms with Crippen LogP contribution in [0.4, 0.5) is 0 Å². The average molecular weight is 184 g/mol. The molecule has 0 bridgehead atoms. The summed E-state index contributed by atoms with van der Waals surface area (Å²) in [4.78, 5) is 10.5. The van der Waals surface area contributed by atoms with E-state index >= 15 is 0 Å². The van der Waals surface area contributed by atoms with Crippen LogP contribution in [0.15, 0.2) is 11.6 Å². The van der Waals surface area contributed by atoms with Gasteiger partial charge in [0.05, 0.1) is 0 Å². The largest absolute Gasteiger partial charge is 0.478 e. The van der Waals surface area contributed by atoms with Crippen molar-refractivity contribution in [2.24, 2.45) is 0 Å². The summed E-state index contributed by atoms with van der Waals surface area (Å²) in [5.74, 6) is -0.804. The van der Waals surface area contributed by atoms with Crippen LogP contribution < -0.4 is 0 Å². The van der Waals surface area contributed by atoms with Gasteiger partial charge < -0.3 is 5.11 Å². The van der Waals surface area contributed by atoms with E-state index in [9.17, 15) is 4.79 Å². The quantitative estimate of drug-likeness (QED) is 0.616. The first kappa shape index (κ1) is 12.2. The molecule has 0 spiro atoms. The molecule has 0 atom stereocenters. The molecule has 13 heavy (non-hydrogen) atoms. The molecule has 0 saturated heterocycles. The maximum atomic E-state index is 10.5. The first-order valence-electron chi connectivity index (χ1n) is 5.13. The van der Waals surface area contributed by atoms with Crippen molar-refractivity contribution >= 4 is 5.97 Å². The van der Waals surface area contributed by atoms with Crippen molar-refractivity contribution in [3.8, 4) is 0 Å². The van der Waals surface area contributed by atoms with Gasteiger partial charge in [-0.1, -0.05) is 32.3 Å². The van der Waals surface area contributed by atoms with Gasteiger partial charge in [-0.05, 0) is 25.7 Å². The third kappa shape index (κ3) is 7.57. The van der Waals surface area contributed by atoms with E-state index in [2.05, 4.69) is 13.8 Å². The Labute approximate surface area is 80.7 Å². The Morgan fingerprint density at radius 1 is 1.15 bits per heavy atom. The molecule has 0 aliphatic heterocycles. The standard InChI is InChI=1S/C11H20O2/c1-3-5-7-10(8-6-4-2)9-11(12)13/h9H,3-8H2,1-2H3,(H,12,13). The highest BCUT2D eigenvalue weighted by molar-refractivity contribution is 5.80. The summed E-state index contributed by atoms with van der Waals surface area (Å²) in [7, 11) is 0. The average Bonchev–Trinajstić information content (AvgIpc) is 2.09. The summed E-state index contributed by atoms with van der Waals surface area (Å²) < 4.78 is 0. The Hall–Kier alpha value is -0.790. The molecule has 2 nitrogen and oxygen atoms in total. The van der Waals surface area contributed by atoms with Crippen LogP contribution in [0.3, 0.4) is 0 Å². The van der Waals surface area contributed by atoms with Gasteiger partial charge in [0.15, 0.2) is 0 Å². The number of hydrogen-bond acceptors (Lipinski definition) is 1. The van der Waals surface area contributed by atoms with Crippen LogP contribution in [0.25, 0.3) is 0 Å². The van der Waals surface area contributed by atoms with Gasteiger partial charge in [0.1, 0.15) is 0 Å². The first-order chi connectivity index (χ1) is 6.20. The number of hydrogen-bond donors (Lipinski definition) is 1. The monoisotopic (exact) mass is 184 g/mol. The molecule has 0 aliphatic carbocycles. The van der Waals surface area contributed by atoms with Gasteiger partial charge in [0.2, 0.25) is 0 Å². The molecular formula is C11H20O2. The smallest absolute Gasteiger partial charge is 0.328 e. The van der Waals surface area contributed by atoms with Gasteiger partial charge >= 0.3 is 5.97 Å². The highest BCUT2D eigenvalue weighted by Gasteiger charge is 1.99. The lowest BCUT2D eigenvalue weighted by Gasteiger charge is -2.04. The molecule has 0 amide bonds. The van der Waals surface area contributed by atoms with Gasteiger partial charge in [-0.25, -0.2) is 4.79 Å². The number of carbonyl (C=O) groups is 1. The zero-order chi connectivity index (χ0) is 10.1. The first-order valence-corrected chi connectivity index (χ1v) is 5.13. The molecule has 0 unspecified atom stereocenters. The number of carboxylic acid groups (broad SMARTS) is 1. The second kappa shape index (κ2) is 7.84. The SMILES string of the molecule is CCCCC(=CC(=O)O)CCCC. The van der Waals surface area contributed by atoms with Crippen LogP contribution in [0, 0.1) is 0 Å². The summed E-state index contributed by atoms with van der Waals surface area (Å²) in [5, 5.41) is 8.61. The maximum absolute atomic E-state index is 10.5. The van der Waals surface area contributed by atoms with E-state index < -0.39 is 5.97 Å². The van der Waals surface area contributed by atoms with Crippen LogP contribution >= 0.6 is 0 Å². The highest BCUT2D eigenvalue weighted by Crippen LogP contribution is 2.14. The molecule has 0 saturated carbocycles. The maximum Gasteiger partial charge on any atom is 0.328 e. The third-order valence-corrected chi connectivity index (χ3v) is 2.03. The molecule has 0 heterocycles. The number of unbranched alkanes of at least 4 members (excludes halogenated alkanes) is 2. The zero-order valence-electron chi connectivity index (χ0n) is 8.68. The number of allylic oxidation sites excluding steroid dienone is 1. The number of carboxylic acids is 1. The molecule has 0 aromatic carbocycles. The van der Waals surface area contributed by atoms with E-state index in [1.165, 1.54) is 6.08 Å². The molecule has 0 aromatic rings.